The SMILES string of the molecule is CNC(c1ccc(Cl)cc1)c1cc(OC)cc(OC)c1. The van der Waals surface area contributed by atoms with Crippen molar-refractivity contribution in [1.29, 1.82) is 0 Å². The number of rotatable bonds is 5. The minimum atomic E-state index is 0.0521. The van der Waals surface area contributed by atoms with Gasteiger partial charge in [0.15, 0.2) is 0 Å². The molecular formula is C16H18ClNO2. The topological polar surface area (TPSA) is 30.5 Å². The molecule has 0 amide bonds. The highest BCUT2D eigenvalue weighted by atomic mass is 35.5. The van der Waals surface area contributed by atoms with E-state index in [1.165, 1.54) is 0 Å². The van der Waals surface area contributed by atoms with Crippen LogP contribution in [0.4, 0.5) is 0 Å². The maximum Gasteiger partial charge on any atom is 0.122 e. The average Bonchev–Trinajstić information content (AvgIpc) is 2.49. The summed E-state index contributed by atoms with van der Waals surface area (Å²) in [6, 6.07) is 13.7. The Morgan fingerprint density at radius 1 is 0.900 bits per heavy atom. The summed E-state index contributed by atoms with van der Waals surface area (Å²) < 4.78 is 10.6. The molecule has 106 valence electrons. The largest absolute Gasteiger partial charge is 0.497 e. The van der Waals surface area contributed by atoms with Crippen LogP contribution in [0, 0.1) is 0 Å². The lowest BCUT2D eigenvalue weighted by Gasteiger charge is -2.19. The third-order valence-electron chi connectivity index (χ3n) is 3.20. The summed E-state index contributed by atoms with van der Waals surface area (Å²) in [4.78, 5) is 0. The van der Waals surface area contributed by atoms with Crippen LogP contribution in [0.15, 0.2) is 42.5 Å². The van der Waals surface area contributed by atoms with Gasteiger partial charge in [-0.3, -0.25) is 0 Å². The van der Waals surface area contributed by atoms with Crippen molar-refractivity contribution in [3.63, 3.8) is 0 Å². The minimum absolute atomic E-state index is 0.0521. The second-order valence-corrected chi connectivity index (χ2v) is 4.86. The summed E-state index contributed by atoms with van der Waals surface area (Å²) in [5.74, 6) is 1.54. The van der Waals surface area contributed by atoms with Gasteiger partial charge >= 0.3 is 0 Å². The standard InChI is InChI=1S/C16H18ClNO2/c1-18-16(11-4-6-13(17)7-5-11)12-8-14(19-2)10-15(9-12)20-3/h4-10,16,18H,1-3H3. The van der Waals surface area contributed by atoms with Crippen molar-refractivity contribution in [2.45, 2.75) is 6.04 Å². The molecule has 0 aliphatic heterocycles. The molecule has 2 rings (SSSR count). The minimum Gasteiger partial charge on any atom is -0.497 e. The normalized spacial score (nSPS) is 12.0. The van der Waals surface area contributed by atoms with E-state index in [1.54, 1.807) is 14.2 Å². The van der Waals surface area contributed by atoms with Gasteiger partial charge < -0.3 is 14.8 Å². The summed E-state index contributed by atoms with van der Waals surface area (Å²) in [7, 11) is 5.22. The Kier molecular flexibility index (Phi) is 4.88. The third kappa shape index (κ3) is 3.24. The Hall–Kier alpha value is -1.71. The molecule has 20 heavy (non-hydrogen) atoms. The molecule has 2 aromatic rings. The van der Waals surface area contributed by atoms with Gasteiger partial charge in [-0.1, -0.05) is 23.7 Å². The molecule has 0 radical (unpaired) electrons. The molecule has 1 atom stereocenters. The molecule has 0 aliphatic rings. The lowest BCUT2D eigenvalue weighted by molar-refractivity contribution is 0.392. The van der Waals surface area contributed by atoms with Crippen molar-refractivity contribution in [2.75, 3.05) is 21.3 Å². The van der Waals surface area contributed by atoms with Crippen LogP contribution in [0.3, 0.4) is 0 Å². The van der Waals surface area contributed by atoms with Crippen LogP contribution in [-0.4, -0.2) is 21.3 Å². The van der Waals surface area contributed by atoms with Crippen LogP contribution in [0.5, 0.6) is 11.5 Å². The molecule has 2 aromatic carbocycles. The molecule has 0 aromatic heterocycles. The number of methoxy groups -OCH3 is 2. The summed E-state index contributed by atoms with van der Waals surface area (Å²) in [6.45, 7) is 0. The molecule has 0 spiro atoms. The van der Waals surface area contributed by atoms with E-state index in [9.17, 15) is 0 Å². The smallest absolute Gasteiger partial charge is 0.122 e. The Morgan fingerprint density at radius 2 is 1.45 bits per heavy atom. The van der Waals surface area contributed by atoms with Crippen LogP contribution in [0.1, 0.15) is 17.2 Å². The highest BCUT2D eigenvalue weighted by molar-refractivity contribution is 6.30. The van der Waals surface area contributed by atoms with E-state index in [4.69, 9.17) is 21.1 Å². The molecule has 0 saturated heterocycles. The lowest BCUT2D eigenvalue weighted by atomic mass is 9.98. The third-order valence-corrected chi connectivity index (χ3v) is 3.45. The predicted molar refractivity (Wildman–Crippen MR) is 81.9 cm³/mol. The highest BCUT2D eigenvalue weighted by Gasteiger charge is 2.14. The van der Waals surface area contributed by atoms with Crippen molar-refractivity contribution in [2.24, 2.45) is 0 Å². The summed E-state index contributed by atoms with van der Waals surface area (Å²) >= 11 is 5.94. The first-order valence-corrected chi connectivity index (χ1v) is 6.71. The van der Waals surface area contributed by atoms with Crippen LogP contribution >= 0.6 is 11.6 Å². The quantitative estimate of drug-likeness (QED) is 0.912. The van der Waals surface area contributed by atoms with E-state index < -0.39 is 0 Å². The zero-order valence-corrected chi connectivity index (χ0v) is 12.6. The van der Waals surface area contributed by atoms with Gasteiger partial charge in [-0.05, 0) is 42.4 Å². The fourth-order valence-electron chi connectivity index (χ4n) is 2.18. The van der Waals surface area contributed by atoms with E-state index in [1.807, 2.05) is 49.5 Å². The molecule has 0 saturated carbocycles. The molecule has 3 nitrogen and oxygen atoms in total. The van der Waals surface area contributed by atoms with Crippen molar-refractivity contribution >= 4 is 11.6 Å². The van der Waals surface area contributed by atoms with Gasteiger partial charge in [-0.25, -0.2) is 0 Å². The van der Waals surface area contributed by atoms with Gasteiger partial charge in [-0.2, -0.15) is 0 Å². The summed E-state index contributed by atoms with van der Waals surface area (Å²) in [6.07, 6.45) is 0. The number of benzene rings is 2. The molecule has 0 aliphatic carbocycles. The zero-order chi connectivity index (χ0) is 14.5. The fourth-order valence-corrected chi connectivity index (χ4v) is 2.30. The maximum absolute atomic E-state index is 5.94. The molecule has 0 bridgehead atoms. The molecule has 4 heteroatoms. The Bertz CT molecular complexity index is 547. The summed E-state index contributed by atoms with van der Waals surface area (Å²) in [5, 5.41) is 4.03. The molecule has 0 heterocycles. The predicted octanol–water partition coefficient (Wildman–Crippen LogP) is 3.67. The average molecular weight is 292 g/mol. The fraction of sp³-hybridized carbons (Fsp3) is 0.250. The van der Waals surface area contributed by atoms with E-state index in [2.05, 4.69) is 5.32 Å². The number of hydrogen-bond donors (Lipinski definition) is 1. The van der Waals surface area contributed by atoms with E-state index >= 15 is 0 Å². The van der Waals surface area contributed by atoms with Gasteiger partial charge in [0.25, 0.3) is 0 Å². The van der Waals surface area contributed by atoms with Crippen LogP contribution < -0.4 is 14.8 Å². The Morgan fingerprint density at radius 3 is 1.90 bits per heavy atom. The first kappa shape index (κ1) is 14.7. The van der Waals surface area contributed by atoms with Crippen LogP contribution in [-0.2, 0) is 0 Å². The maximum atomic E-state index is 5.94. The van der Waals surface area contributed by atoms with Crippen molar-refractivity contribution < 1.29 is 9.47 Å². The monoisotopic (exact) mass is 291 g/mol. The van der Waals surface area contributed by atoms with E-state index in [0.29, 0.717) is 0 Å². The van der Waals surface area contributed by atoms with Crippen LogP contribution in [0.25, 0.3) is 0 Å². The zero-order valence-electron chi connectivity index (χ0n) is 11.8. The highest BCUT2D eigenvalue weighted by Crippen LogP contribution is 2.30. The van der Waals surface area contributed by atoms with Crippen LogP contribution in [0.2, 0.25) is 5.02 Å². The van der Waals surface area contributed by atoms with Gasteiger partial charge in [-0.15, -0.1) is 0 Å². The number of halogens is 1. The molecule has 1 unspecified atom stereocenters. The van der Waals surface area contributed by atoms with E-state index in [0.717, 1.165) is 27.6 Å². The van der Waals surface area contributed by atoms with Gasteiger partial charge in [0, 0.05) is 11.1 Å². The van der Waals surface area contributed by atoms with Crippen molar-refractivity contribution in [3.05, 3.63) is 58.6 Å². The number of nitrogens with one attached hydrogen (secondary N) is 1. The Balaban J connectivity index is 2.42. The molecule has 0 fully saturated rings. The lowest BCUT2D eigenvalue weighted by Crippen LogP contribution is -2.17. The van der Waals surface area contributed by atoms with Gasteiger partial charge in [0.1, 0.15) is 11.5 Å². The summed E-state index contributed by atoms with van der Waals surface area (Å²) in [5.41, 5.74) is 2.21. The first-order chi connectivity index (χ1) is 9.67. The van der Waals surface area contributed by atoms with Gasteiger partial charge in [0.2, 0.25) is 0 Å². The van der Waals surface area contributed by atoms with Crippen molar-refractivity contribution in [3.8, 4) is 11.5 Å². The molecular weight excluding hydrogens is 274 g/mol. The van der Waals surface area contributed by atoms with Crippen molar-refractivity contribution in [1.82, 2.24) is 5.32 Å². The number of ether oxygens (including phenoxy) is 2. The first-order valence-electron chi connectivity index (χ1n) is 6.33. The Labute approximate surface area is 124 Å². The second kappa shape index (κ2) is 6.64. The number of hydrogen-bond acceptors (Lipinski definition) is 3. The van der Waals surface area contributed by atoms with Gasteiger partial charge in [0.05, 0.1) is 20.3 Å². The second-order valence-electron chi connectivity index (χ2n) is 4.42. The van der Waals surface area contributed by atoms with E-state index in [-0.39, 0.29) is 6.04 Å². The molecule has 1 N–H and O–H groups in total.